The highest BCUT2D eigenvalue weighted by atomic mass is 19.1. The lowest BCUT2D eigenvalue weighted by atomic mass is 9.75. The monoisotopic (exact) mass is 336 g/mol. The van der Waals surface area contributed by atoms with Gasteiger partial charge in [0, 0.05) is 12.3 Å². The van der Waals surface area contributed by atoms with Crippen LogP contribution in [0.15, 0.2) is 41.2 Å². The SMILES string of the molecule is C.C=CC1=C(/C=C\C)N(N=C(C)C)CC(C2CCCCC2)C1.CF. The summed E-state index contributed by atoms with van der Waals surface area (Å²) >= 11 is 0. The molecular weight excluding hydrogens is 299 g/mol. The normalized spacial score (nSPS) is 21.7. The second kappa shape index (κ2) is 12.0. The molecule has 0 saturated heterocycles. The molecule has 0 radical (unpaired) electrons. The third-order valence-corrected chi connectivity index (χ3v) is 4.70. The molecule has 1 heterocycles. The summed E-state index contributed by atoms with van der Waals surface area (Å²) in [5, 5.41) is 6.99. The van der Waals surface area contributed by atoms with E-state index in [0.717, 1.165) is 24.1 Å². The Kier molecular flexibility index (Phi) is 11.4. The van der Waals surface area contributed by atoms with Gasteiger partial charge in [0.1, 0.15) is 0 Å². The van der Waals surface area contributed by atoms with Crippen LogP contribution in [0, 0.1) is 11.8 Å². The molecule has 1 aliphatic carbocycles. The summed E-state index contributed by atoms with van der Waals surface area (Å²) in [7, 11) is 0.500. The number of alkyl halides is 1. The summed E-state index contributed by atoms with van der Waals surface area (Å²) in [6, 6.07) is 0. The van der Waals surface area contributed by atoms with Crippen LogP contribution in [0.4, 0.5) is 4.39 Å². The Hall–Kier alpha value is -1.38. The van der Waals surface area contributed by atoms with Crippen molar-refractivity contribution in [1.29, 1.82) is 0 Å². The molecule has 138 valence electrons. The molecule has 0 aromatic carbocycles. The van der Waals surface area contributed by atoms with E-state index in [2.05, 4.69) is 44.5 Å². The van der Waals surface area contributed by atoms with Crippen molar-refractivity contribution in [3.63, 3.8) is 0 Å². The molecule has 1 fully saturated rings. The molecule has 0 bridgehead atoms. The van der Waals surface area contributed by atoms with Crippen LogP contribution >= 0.6 is 0 Å². The zero-order valence-electron chi connectivity index (χ0n) is 15.3. The number of hydrazone groups is 1. The average Bonchev–Trinajstić information content (AvgIpc) is 2.58. The Bertz CT molecular complexity index is 452. The van der Waals surface area contributed by atoms with Gasteiger partial charge in [-0.3, -0.25) is 9.40 Å². The molecule has 0 aromatic rings. The second-order valence-electron chi connectivity index (χ2n) is 6.61. The first-order valence-electron chi connectivity index (χ1n) is 8.81. The number of halogens is 1. The number of hydrogen-bond acceptors (Lipinski definition) is 2. The van der Waals surface area contributed by atoms with Gasteiger partial charge >= 0.3 is 0 Å². The molecule has 1 aliphatic heterocycles. The lowest BCUT2D eigenvalue weighted by Gasteiger charge is -2.38. The molecule has 1 saturated carbocycles. The fraction of sp³-hybridized carbons (Fsp3) is 0.667. The quantitative estimate of drug-likeness (QED) is 0.533. The summed E-state index contributed by atoms with van der Waals surface area (Å²) in [4.78, 5) is 0. The number of allylic oxidation sites excluding steroid dienone is 4. The number of rotatable bonds is 4. The highest BCUT2D eigenvalue weighted by Crippen LogP contribution is 2.38. The zero-order chi connectivity index (χ0) is 17.2. The van der Waals surface area contributed by atoms with E-state index in [1.54, 1.807) is 0 Å². The summed E-state index contributed by atoms with van der Waals surface area (Å²) in [5.74, 6) is 1.60. The molecule has 0 aromatic heterocycles. The number of nitrogens with zero attached hydrogens (tertiary/aromatic N) is 2. The van der Waals surface area contributed by atoms with E-state index >= 15 is 0 Å². The van der Waals surface area contributed by atoms with Gasteiger partial charge in [-0.15, -0.1) is 0 Å². The Labute approximate surface area is 149 Å². The van der Waals surface area contributed by atoms with Crippen molar-refractivity contribution in [1.82, 2.24) is 5.01 Å². The van der Waals surface area contributed by atoms with Gasteiger partial charge < -0.3 is 0 Å². The molecule has 2 aliphatic rings. The minimum absolute atomic E-state index is 0. The van der Waals surface area contributed by atoms with Crippen LogP contribution in [0.2, 0.25) is 0 Å². The molecule has 2 rings (SSSR count). The highest BCUT2D eigenvalue weighted by molar-refractivity contribution is 5.78. The van der Waals surface area contributed by atoms with Crippen LogP contribution in [-0.4, -0.2) is 24.4 Å². The maximum atomic E-state index is 9.50. The van der Waals surface area contributed by atoms with Gasteiger partial charge in [-0.2, -0.15) is 5.10 Å². The van der Waals surface area contributed by atoms with Crippen molar-refractivity contribution < 1.29 is 4.39 Å². The third-order valence-electron chi connectivity index (χ3n) is 4.70. The van der Waals surface area contributed by atoms with Crippen molar-refractivity contribution in [2.24, 2.45) is 16.9 Å². The fourth-order valence-corrected chi connectivity index (χ4v) is 3.73. The summed E-state index contributed by atoms with van der Waals surface area (Å²) < 4.78 is 9.50. The van der Waals surface area contributed by atoms with E-state index in [4.69, 9.17) is 5.10 Å². The zero-order valence-corrected chi connectivity index (χ0v) is 15.3. The fourth-order valence-electron chi connectivity index (χ4n) is 3.73. The summed E-state index contributed by atoms with van der Waals surface area (Å²) in [6.45, 7) is 11.3. The van der Waals surface area contributed by atoms with Crippen molar-refractivity contribution >= 4 is 5.71 Å². The van der Waals surface area contributed by atoms with Crippen LogP contribution in [-0.2, 0) is 0 Å². The van der Waals surface area contributed by atoms with E-state index in [1.165, 1.54) is 49.8 Å². The van der Waals surface area contributed by atoms with Gasteiger partial charge in [-0.1, -0.05) is 58.3 Å². The van der Waals surface area contributed by atoms with Crippen molar-refractivity contribution in [3.8, 4) is 0 Å². The average molecular weight is 337 g/mol. The molecule has 0 amide bonds. The molecule has 3 heteroatoms. The molecule has 0 spiro atoms. The third kappa shape index (κ3) is 6.26. The van der Waals surface area contributed by atoms with Crippen LogP contribution < -0.4 is 0 Å². The largest absolute Gasteiger partial charge is 0.265 e. The Morgan fingerprint density at radius 2 is 1.79 bits per heavy atom. The number of hydrogen-bond donors (Lipinski definition) is 0. The minimum atomic E-state index is 0. The second-order valence-corrected chi connectivity index (χ2v) is 6.61. The van der Waals surface area contributed by atoms with Gasteiger partial charge in [-0.05, 0) is 50.7 Å². The smallest absolute Gasteiger partial charge is 0.0785 e. The first-order valence-corrected chi connectivity index (χ1v) is 8.81. The minimum Gasteiger partial charge on any atom is -0.265 e. The molecule has 24 heavy (non-hydrogen) atoms. The summed E-state index contributed by atoms with van der Waals surface area (Å²) in [6.07, 6.45) is 14.5. The molecule has 0 N–H and O–H groups in total. The summed E-state index contributed by atoms with van der Waals surface area (Å²) in [5.41, 5.74) is 3.71. The van der Waals surface area contributed by atoms with Crippen LogP contribution in [0.5, 0.6) is 0 Å². The van der Waals surface area contributed by atoms with Gasteiger partial charge in [-0.25, -0.2) is 0 Å². The highest BCUT2D eigenvalue weighted by Gasteiger charge is 2.30. The van der Waals surface area contributed by atoms with Gasteiger partial charge in [0.05, 0.1) is 12.9 Å². The van der Waals surface area contributed by atoms with E-state index in [-0.39, 0.29) is 7.43 Å². The first-order chi connectivity index (χ1) is 11.2. The van der Waals surface area contributed by atoms with Crippen LogP contribution in [0.3, 0.4) is 0 Å². The molecule has 1 atom stereocenters. The van der Waals surface area contributed by atoms with Crippen LogP contribution in [0.1, 0.15) is 66.7 Å². The van der Waals surface area contributed by atoms with Gasteiger partial charge in [0.25, 0.3) is 0 Å². The van der Waals surface area contributed by atoms with Crippen molar-refractivity contribution in [2.45, 2.75) is 66.7 Å². The maximum absolute atomic E-state index is 9.50. The molecule has 1 unspecified atom stereocenters. The predicted octanol–water partition coefficient (Wildman–Crippen LogP) is 6.52. The first kappa shape index (κ1) is 22.6. The Morgan fingerprint density at radius 3 is 2.29 bits per heavy atom. The van der Waals surface area contributed by atoms with Gasteiger partial charge in [0.2, 0.25) is 0 Å². The van der Waals surface area contributed by atoms with E-state index in [0.29, 0.717) is 7.18 Å². The standard InChI is InChI=1S/C19H30N2.CH3F.CH4/c1-5-10-19-16(6-2)13-18(14-21(19)20-15(3)4)17-11-8-7-9-12-17;1-2;/h5-6,10,17-18H,2,7-9,11-14H2,1,3-4H3;1H3;1H4/b10-5-;;. The van der Waals surface area contributed by atoms with Gasteiger partial charge in [0.15, 0.2) is 0 Å². The molecule has 2 nitrogen and oxygen atoms in total. The Morgan fingerprint density at radius 1 is 1.17 bits per heavy atom. The predicted molar refractivity (Wildman–Crippen MR) is 106 cm³/mol. The van der Waals surface area contributed by atoms with E-state index in [9.17, 15) is 4.39 Å². The van der Waals surface area contributed by atoms with E-state index in [1.807, 2.05) is 6.08 Å². The lowest BCUT2D eigenvalue weighted by Crippen LogP contribution is -2.35. The van der Waals surface area contributed by atoms with Crippen LogP contribution in [0.25, 0.3) is 0 Å². The van der Waals surface area contributed by atoms with E-state index < -0.39 is 0 Å². The van der Waals surface area contributed by atoms with Crippen molar-refractivity contribution in [2.75, 3.05) is 13.7 Å². The lowest BCUT2D eigenvalue weighted by molar-refractivity contribution is 0.176. The van der Waals surface area contributed by atoms with Crippen molar-refractivity contribution in [3.05, 3.63) is 36.1 Å². The molecular formula is C21H37FN2. The maximum Gasteiger partial charge on any atom is 0.0785 e. The Balaban J connectivity index is 0.00000170. The topological polar surface area (TPSA) is 15.6 Å².